The third-order valence-corrected chi connectivity index (χ3v) is 1.64. The molecule has 0 aliphatic heterocycles. The molecule has 0 bridgehead atoms. The van der Waals surface area contributed by atoms with Crippen molar-refractivity contribution >= 4 is 18.5 Å². The van der Waals surface area contributed by atoms with E-state index in [0.29, 0.717) is 17.6 Å². The number of hydrogen-bond donors (Lipinski definition) is 1. The Morgan fingerprint density at radius 1 is 1.75 bits per heavy atom. The zero-order valence-electron chi connectivity index (χ0n) is 6.83. The summed E-state index contributed by atoms with van der Waals surface area (Å²) < 4.78 is 0.482. The molecule has 12 heavy (non-hydrogen) atoms. The van der Waals surface area contributed by atoms with Gasteiger partial charge < -0.3 is 9.78 Å². The van der Waals surface area contributed by atoms with E-state index in [1.165, 1.54) is 0 Å². The Hall–Kier alpha value is -1.03. The second-order valence-electron chi connectivity index (χ2n) is 2.57. The predicted octanol–water partition coefficient (Wildman–Crippen LogP) is 1.58. The van der Waals surface area contributed by atoms with Gasteiger partial charge in [-0.3, -0.25) is 0 Å². The fourth-order valence-electron chi connectivity index (χ4n) is 0.980. The van der Waals surface area contributed by atoms with Crippen LogP contribution in [0, 0.1) is 11.7 Å². The third kappa shape index (κ3) is 2.54. The van der Waals surface area contributed by atoms with Gasteiger partial charge in [0, 0.05) is 17.8 Å². The van der Waals surface area contributed by atoms with Gasteiger partial charge in [0.2, 0.25) is 0 Å². The fraction of sp³-hybridized carbons (Fsp3) is 0.375. The molecule has 1 aromatic heterocycles. The number of aromatic amines is 1. The molecule has 0 atom stereocenters. The lowest BCUT2D eigenvalue weighted by Crippen LogP contribution is -1.95. The monoisotopic (exact) mass is 182 g/mol. The number of rotatable bonds is 3. The van der Waals surface area contributed by atoms with Gasteiger partial charge in [-0.05, 0) is 31.6 Å². The molecule has 1 aromatic rings. The predicted molar refractivity (Wildman–Crippen MR) is 48.5 cm³/mol. The lowest BCUT2D eigenvalue weighted by Gasteiger charge is -1.98. The molecule has 1 rings (SSSR count). The van der Waals surface area contributed by atoms with E-state index in [2.05, 4.69) is 9.97 Å². The van der Waals surface area contributed by atoms with Crippen molar-refractivity contribution in [3.63, 3.8) is 0 Å². The van der Waals surface area contributed by atoms with E-state index in [9.17, 15) is 4.79 Å². The van der Waals surface area contributed by atoms with Crippen molar-refractivity contribution < 1.29 is 4.79 Å². The standard InChI is InChI=1S/C8H10N2OS/c1-6-5-7(3-2-4-11)10-8(12)9-6/h4-5H,2-3H2,1H3,(H,9,10,12). The molecule has 0 fully saturated rings. The minimum atomic E-state index is 0.482. The van der Waals surface area contributed by atoms with Crippen molar-refractivity contribution in [3.8, 4) is 0 Å². The molecule has 4 heteroatoms. The summed E-state index contributed by atoms with van der Waals surface area (Å²) in [5, 5.41) is 0. The maximum atomic E-state index is 10.1. The van der Waals surface area contributed by atoms with Gasteiger partial charge in [0.05, 0.1) is 0 Å². The van der Waals surface area contributed by atoms with E-state index in [1.54, 1.807) is 0 Å². The molecule has 1 N–H and O–H groups in total. The van der Waals surface area contributed by atoms with Crippen LogP contribution in [0.2, 0.25) is 0 Å². The molecule has 3 nitrogen and oxygen atoms in total. The van der Waals surface area contributed by atoms with Crippen molar-refractivity contribution in [2.75, 3.05) is 0 Å². The highest BCUT2D eigenvalue weighted by Crippen LogP contribution is 2.00. The zero-order valence-corrected chi connectivity index (χ0v) is 7.65. The van der Waals surface area contributed by atoms with Gasteiger partial charge in [0.1, 0.15) is 6.29 Å². The Morgan fingerprint density at radius 2 is 2.50 bits per heavy atom. The topological polar surface area (TPSA) is 45.8 Å². The van der Waals surface area contributed by atoms with Crippen LogP contribution in [0.1, 0.15) is 17.8 Å². The summed E-state index contributed by atoms with van der Waals surface area (Å²) in [5.74, 6) is 0. The first-order valence-electron chi connectivity index (χ1n) is 3.73. The van der Waals surface area contributed by atoms with Crippen LogP contribution in [0.3, 0.4) is 0 Å². The normalized spacial score (nSPS) is 9.75. The van der Waals surface area contributed by atoms with Gasteiger partial charge in [0.15, 0.2) is 4.77 Å². The maximum absolute atomic E-state index is 10.1. The second kappa shape index (κ2) is 4.11. The zero-order chi connectivity index (χ0) is 8.97. The van der Waals surface area contributed by atoms with Gasteiger partial charge in [-0.15, -0.1) is 0 Å². The van der Waals surface area contributed by atoms with Crippen molar-refractivity contribution in [1.29, 1.82) is 0 Å². The number of carbonyl (C=O) groups excluding carboxylic acids is 1. The average molecular weight is 182 g/mol. The molecular weight excluding hydrogens is 172 g/mol. The fourth-order valence-corrected chi connectivity index (χ4v) is 1.26. The molecule has 0 saturated heterocycles. The molecule has 0 spiro atoms. The second-order valence-corrected chi connectivity index (χ2v) is 2.95. The number of carbonyl (C=O) groups is 1. The maximum Gasteiger partial charge on any atom is 0.197 e. The van der Waals surface area contributed by atoms with Crippen LogP contribution in [-0.2, 0) is 11.2 Å². The summed E-state index contributed by atoms with van der Waals surface area (Å²) in [6.07, 6.45) is 2.06. The number of nitrogens with one attached hydrogen (secondary N) is 1. The van der Waals surface area contributed by atoms with Crippen LogP contribution >= 0.6 is 12.2 Å². The van der Waals surface area contributed by atoms with Crippen LogP contribution in [-0.4, -0.2) is 16.3 Å². The number of aromatic nitrogens is 2. The van der Waals surface area contributed by atoms with E-state index in [4.69, 9.17) is 12.2 Å². The Bertz CT molecular complexity index is 332. The van der Waals surface area contributed by atoms with E-state index in [-0.39, 0.29) is 0 Å². The molecule has 0 amide bonds. The molecular formula is C8H10N2OS. The number of aryl methyl sites for hydroxylation is 2. The highest BCUT2D eigenvalue weighted by atomic mass is 32.1. The molecule has 0 radical (unpaired) electrons. The van der Waals surface area contributed by atoms with Crippen molar-refractivity contribution in [3.05, 3.63) is 22.2 Å². The van der Waals surface area contributed by atoms with Crippen LogP contribution in [0.25, 0.3) is 0 Å². The lowest BCUT2D eigenvalue weighted by atomic mass is 10.2. The Morgan fingerprint density at radius 3 is 3.08 bits per heavy atom. The summed E-state index contributed by atoms with van der Waals surface area (Å²) in [6.45, 7) is 1.92. The average Bonchev–Trinajstić information content (AvgIpc) is 1.99. The van der Waals surface area contributed by atoms with Gasteiger partial charge >= 0.3 is 0 Å². The summed E-state index contributed by atoms with van der Waals surface area (Å²) in [6, 6.07) is 1.90. The Balaban J connectivity index is 2.85. The number of H-pyrrole nitrogens is 1. The van der Waals surface area contributed by atoms with Crippen molar-refractivity contribution in [1.82, 2.24) is 9.97 Å². The Kier molecular flexibility index (Phi) is 3.10. The first-order chi connectivity index (χ1) is 5.72. The number of nitrogens with zero attached hydrogens (tertiary/aromatic N) is 1. The summed E-state index contributed by atoms with van der Waals surface area (Å²) in [4.78, 5) is 17.1. The number of hydrogen-bond acceptors (Lipinski definition) is 3. The summed E-state index contributed by atoms with van der Waals surface area (Å²) >= 11 is 4.88. The molecule has 1 heterocycles. The van der Waals surface area contributed by atoms with Gasteiger partial charge in [-0.25, -0.2) is 4.98 Å². The van der Waals surface area contributed by atoms with E-state index < -0.39 is 0 Å². The highest BCUT2D eigenvalue weighted by molar-refractivity contribution is 7.71. The van der Waals surface area contributed by atoms with Crippen molar-refractivity contribution in [2.24, 2.45) is 0 Å². The van der Waals surface area contributed by atoms with E-state index in [1.807, 2.05) is 13.0 Å². The largest absolute Gasteiger partial charge is 0.335 e. The SMILES string of the molecule is Cc1cc(CCC=O)nc(=S)[nH]1. The lowest BCUT2D eigenvalue weighted by molar-refractivity contribution is -0.107. The number of aldehydes is 1. The Labute approximate surface area is 75.9 Å². The molecule has 0 aliphatic rings. The third-order valence-electron chi connectivity index (χ3n) is 1.45. The van der Waals surface area contributed by atoms with Crippen LogP contribution < -0.4 is 0 Å². The minimum absolute atomic E-state index is 0.482. The van der Waals surface area contributed by atoms with E-state index in [0.717, 1.165) is 17.7 Å². The van der Waals surface area contributed by atoms with E-state index >= 15 is 0 Å². The molecule has 0 aliphatic carbocycles. The summed E-state index contributed by atoms with van der Waals surface area (Å²) in [7, 11) is 0. The molecule has 0 unspecified atom stereocenters. The van der Waals surface area contributed by atoms with Gasteiger partial charge in [-0.1, -0.05) is 0 Å². The van der Waals surface area contributed by atoms with Crippen LogP contribution in [0.4, 0.5) is 0 Å². The quantitative estimate of drug-likeness (QED) is 0.570. The smallest absolute Gasteiger partial charge is 0.197 e. The molecule has 64 valence electrons. The molecule has 0 aromatic carbocycles. The highest BCUT2D eigenvalue weighted by Gasteiger charge is 1.95. The first-order valence-corrected chi connectivity index (χ1v) is 4.13. The van der Waals surface area contributed by atoms with Crippen molar-refractivity contribution in [2.45, 2.75) is 19.8 Å². The summed E-state index contributed by atoms with van der Waals surface area (Å²) in [5.41, 5.74) is 1.86. The first kappa shape index (κ1) is 9.06. The van der Waals surface area contributed by atoms with Gasteiger partial charge in [0.25, 0.3) is 0 Å². The minimum Gasteiger partial charge on any atom is -0.335 e. The molecule has 0 saturated carbocycles. The van der Waals surface area contributed by atoms with Crippen LogP contribution in [0.5, 0.6) is 0 Å². The van der Waals surface area contributed by atoms with Crippen LogP contribution in [0.15, 0.2) is 6.07 Å². The van der Waals surface area contributed by atoms with Gasteiger partial charge in [-0.2, -0.15) is 0 Å².